The van der Waals surface area contributed by atoms with E-state index in [0.717, 1.165) is 6.54 Å². The van der Waals surface area contributed by atoms with Crippen molar-refractivity contribution in [1.82, 2.24) is 10.3 Å². The minimum atomic E-state index is 0.505. The maximum Gasteiger partial charge on any atom is 0.0358 e. The molecule has 0 aliphatic rings. The van der Waals surface area contributed by atoms with Gasteiger partial charge in [-0.1, -0.05) is 19.9 Å². The van der Waals surface area contributed by atoms with Crippen molar-refractivity contribution in [3.05, 3.63) is 41.5 Å². The highest BCUT2D eigenvalue weighted by atomic mass is 32.1. The predicted molar refractivity (Wildman–Crippen MR) is 69.5 cm³/mol. The molecule has 0 atom stereocenters. The van der Waals surface area contributed by atoms with Gasteiger partial charge in [0.2, 0.25) is 0 Å². The molecule has 0 aromatic carbocycles. The summed E-state index contributed by atoms with van der Waals surface area (Å²) in [6.07, 6.45) is 3.84. The van der Waals surface area contributed by atoms with Crippen LogP contribution in [0.4, 0.5) is 0 Å². The zero-order valence-electron chi connectivity index (χ0n) is 9.60. The Kier molecular flexibility index (Phi) is 3.70. The summed E-state index contributed by atoms with van der Waals surface area (Å²) in [6.45, 7) is 5.18. The Morgan fingerprint density at radius 3 is 2.94 bits per heavy atom. The van der Waals surface area contributed by atoms with Crippen LogP contribution in [0.25, 0.3) is 10.4 Å². The van der Waals surface area contributed by atoms with E-state index in [1.54, 1.807) is 11.3 Å². The van der Waals surface area contributed by atoms with Crippen LogP contribution >= 0.6 is 11.3 Å². The molecular weight excluding hydrogens is 216 g/mol. The van der Waals surface area contributed by atoms with Crippen molar-refractivity contribution in [1.29, 1.82) is 0 Å². The standard InChI is InChI=1S/C13H16N2S/c1-10(2)15-8-11-6-12(9-14-7-11)13-4-3-5-16-13/h3-7,9-10,15H,8H2,1-2H3. The van der Waals surface area contributed by atoms with Crippen LogP contribution in [0.15, 0.2) is 36.0 Å². The van der Waals surface area contributed by atoms with Crippen molar-refractivity contribution in [2.24, 2.45) is 0 Å². The van der Waals surface area contributed by atoms with E-state index in [0.29, 0.717) is 6.04 Å². The number of rotatable bonds is 4. The highest BCUT2D eigenvalue weighted by molar-refractivity contribution is 7.13. The van der Waals surface area contributed by atoms with E-state index < -0.39 is 0 Å². The third-order valence-electron chi connectivity index (χ3n) is 2.32. The van der Waals surface area contributed by atoms with Crippen LogP contribution in [-0.2, 0) is 6.54 Å². The predicted octanol–water partition coefficient (Wildman–Crippen LogP) is 3.31. The molecule has 2 aromatic rings. The SMILES string of the molecule is CC(C)NCc1cncc(-c2cccs2)c1. The summed E-state index contributed by atoms with van der Waals surface area (Å²) in [5.41, 5.74) is 2.44. The highest BCUT2D eigenvalue weighted by Gasteiger charge is 2.01. The number of hydrogen-bond donors (Lipinski definition) is 1. The second kappa shape index (κ2) is 5.23. The zero-order chi connectivity index (χ0) is 11.4. The summed E-state index contributed by atoms with van der Waals surface area (Å²) >= 11 is 1.75. The largest absolute Gasteiger partial charge is 0.310 e. The zero-order valence-corrected chi connectivity index (χ0v) is 10.4. The van der Waals surface area contributed by atoms with Crippen LogP contribution in [0.1, 0.15) is 19.4 Å². The molecular formula is C13H16N2S. The monoisotopic (exact) mass is 232 g/mol. The van der Waals surface area contributed by atoms with E-state index >= 15 is 0 Å². The molecule has 2 aromatic heterocycles. The molecule has 0 fully saturated rings. The topological polar surface area (TPSA) is 24.9 Å². The van der Waals surface area contributed by atoms with E-state index in [-0.39, 0.29) is 0 Å². The molecule has 0 aliphatic heterocycles. The molecule has 2 rings (SSSR count). The fourth-order valence-corrected chi connectivity index (χ4v) is 2.19. The highest BCUT2D eigenvalue weighted by Crippen LogP contribution is 2.24. The number of thiophene rings is 1. The van der Waals surface area contributed by atoms with Gasteiger partial charge >= 0.3 is 0 Å². The number of hydrogen-bond acceptors (Lipinski definition) is 3. The van der Waals surface area contributed by atoms with Crippen LogP contribution in [0.5, 0.6) is 0 Å². The first-order chi connectivity index (χ1) is 7.75. The Bertz CT molecular complexity index is 435. The van der Waals surface area contributed by atoms with E-state index in [2.05, 4.69) is 47.7 Å². The van der Waals surface area contributed by atoms with Gasteiger partial charge in [0, 0.05) is 35.4 Å². The van der Waals surface area contributed by atoms with Gasteiger partial charge in [-0.3, -0.25) is 4.98 Å². The van der Waals surface area contributed by atoms with Crippen LogP contribution < -0.4 is 5.32 Å². The minimum Gasteiger partial charge on any atom is -0.310 e. The summed E-state index contributed by atoms with van der Waals surface area (Å²) in [5, 5.41) is 5.49. The Labute approximate surface area is 100 Å². The molecule has 84 valence electrons. The summed E-state index contributed by atoms with van der Waals surface area (Å²) in [7, 11) is 0. The molecule has 16 heavy (non-hydrogen) atoms. The average Bonchev–Trinajstić information content (AvgIpc) is 2.80. The van der Waals surface area contributed by atoms with Gasteiger partial charge in [-0.05, 0) is 23.1 Å². The molecule has 3 heteroatoms. The molecule has 0 saturated carbocycles. The van der Waals surface area contributed by atoms with Crippen molar-refractivity contribution in [3.8, 4) is 10.4 Å². The van der Waals surface area contributed by atoms with Crippen molar-refractivity contribution < 1.29 is 0 Å². The first-order valence-corrected chi connectivity index (χ1v) is 6.35. The lowest BCUT2D eigenvalue weighted by molar-refractivity contribution is 0.588. The van der Waals surface area contributed by atoms with Gasteiger partial charge in [-0.2, -0.15) is 0 Å². The fourth-order valence-electron chi connectivity index (χ4n) is 1.48. The molecule has 1 N–H and O–H groups in total. The van der Waals surface area contributed by atoms with Crippen molar-refractivity contribution in [2.75, 3.05) is 0 Å². The smallest absolute Gasteiger partial charge is 0.0358 e. The van der Waals surface area contributed by atoms with E-state index in [9.17, 15) is 0 Å². The third kappa shape index (κ3) is 2.90. The molecule has 0 spiro atoms. The first-order valence-electron chi connectivity index (χ1n) is 5.47. The first kappa shape index (κ1) is 11.3. The minimum absolute atomic E-state index is 0.505. The molecule has 0 aliphatic carbocycles. The Morgan fingerprint density at radius 2 is 2.25 bits per heavy atom. The third-order valence-corrected chi connectivity index (χ3v) is 3.23. The average molecular weight is 232 g/mol. The van der Waals surface area contributed by atoms with Crippen molar-refractivity contribution in [3.63, 3.8) is 0 Å². The lowest BCUT2D eigenvalue weighted by Gasteiger charge is -2.08. The Hall–Kier alpha value is -1.19. The summed E-state index contributed by atoms with van der Waals surface area (Å²) in [6, 6.07) is 6.90. The van der Waals surface area contributed by atoms with Gasteiger partial charge < -0.3 is 5.32 Å². The Morgan fingerprint density at radius 1 is 1.38 bits per heavy atom. The van der Waals surface area contributed by atoms with Gasteiger partial charge in [0.25, 0.3) is 0 Å². The number of nitrogens with zero attached hydrogens (tertiary/aromatic N) is 1. The van der Waals surface area contributed by atoms with E-state index in [1.165, 1.54) is 16.0 Å². The quantitative estimate of drug-likeness (QED) is 0.874. The van der Waals surface area contributed by atoms with Gasteiger partial charge in [0.1, 0.15) is 0 Å². The molecule has 2 heterocycles. The lowest BCUT2D eigenvalue weighted by Crippen LogP contribution is -2.21. The number of aromatic nitrogens is 1. The van der Waals surface area contributed by atoms with Crippen LogP contribution in [0.3, 0.4) is 0 Å². The van der Waals surface area contributed by atoms with Gasteiger partial charge in [-0.15, -0.1) is 11.3 Å². The van der Waals surface area contributed by atoms with E-state index in [1.807, 2.05) is 12.4 Å². The van der Waals surface area contributed by atoms with Gasteiger partial charge in [0.15, 0.2) is 0 Å². The van der Waals surface area contributed by atoms with Crippen LogP contribution in [-0.4, -0.2) is 11.0 Å². The molecule has 0 saturated heterocycles. The van der Waals surface area contributed by atoms with Crippen molar-refractivity contribution >= 4 is 11.3 Å². The summed E-state index contributed by atoms with van der Waals surface area (Å²) in [4.78, 5) is 5.56. The molecule has 0 unspecified atom stereocenters. The van der Waals surface area contributed by atoms with Gasteiger partial charge in [0.05, 0.1) is 0 Å². The number of pyridine rings is 1. The molecule has 0 radical (unpaired) electrons. The van der Waals surface area contributed by atoms with Crippen LogP contribution in [0.2, 0.25) is 0 Å². The second-order valence-corrected chi connectivity index (χ2v) is 5.04. The van der Waals surface area contributed by atoms with E-state index in [4.69, 9.17) is 0 Å². The molecule has 0 amide bonds. The number of nitrogens with one attached hydrogen (secondary N) is 1. The summed E-state index contributed by atoms with van der Waals surface area (Å²) in [5.74, 6) is 0. The molecule has 2 nitrogen and oxygen atoms in total. The van der Waals surface area contributed by atoms with Crippen LogP contribution in [0, 0.1) is 0 Å². The Balaban J connectivity index is 2.14. The maximum atomic E-state index is 4.29. The fraction of sp³-hybridized carbons (Fsp3) is 0.308. The second-order valence-electron chi connectivity index (χ2n) is 4.09. The van der Waals surface area contributed by atoms with Gasteiger partial charge in [-0.25, -0.2) is 0 Å². The maximum absolute atomic E-state index is 4.29. The lowest BCUT2D eigenvalue weighted by atomic mass is 10.2. The normalized spacial score (nSPS) is 10.9. The van der Waals surface area contributed by atoms with Crippen molar-refractivity contribution in [2.45, 2.75) is 26.4 Å². The summed E-state index contributed by atoms with van der Waals surface area (Å²) < 4.78 is 0. The molecule has 0 bridgehead atoms.